The minimum atomic E-state index is -0.357. The number of halogens is 2. The van der Waals surface area contributed by atoms with Crippen molar-refractivity contribution >= 4 is 0 Å². The number of rotatable bonds is 3. The quantitative estimate of drug-likeness (QED) is 0.484. The summed E-state index contributed by atoms with van der Waals surface area (Å²) in [5.74, 6) is 0. The van der Waals surface area contributed by atoms with Crippen molar-refractivity contribution in [2.75, 3.05) is 6.67 Å². The highest BCUT2D eigenvalue weighted by molar-refractivity contribution is 4.70. The summed E-state index contributed by atoms with van der Waals surface area (Å²) < 4.78 is 22.2. The van der Waals surface area contributed by atoms with Gasteiger partial charge in [0.2, 0.25) is 0 Å². The van der Waals surface area contributed by atoms with Crippen LogP contribution in [-0.4, -0.2) is 6.67 Å². The Morgan fingerprint density at radius 1 is 1.43 bits per heavy atom. The van der Waals surface area contributed by atoms with Gasteiger partial charge in [0.15, 0.2) is 0 Å². The van der Waals surface area contributed by atoms with Crippen molar-refractivity contribution in [3.05, 3.63) is 12.4 Å². The van der Waals surface area contributed by atoms with E-state index in [0.717, 1.165) is 0 Å². The van der Waals surface area contributed by atoms with Gasteiger partial charge in [0.05, 0.1) is 13.0 Å². The maximum atomic E-state index is 11.2. The van der Waals surface area contributed by atoms with Crippen molar-refractivity contribution in [1.82, 2.24) is 0 Å². The average Bonchev–Trinajstić information content (AvgIpc) is 1.69. The minimum Gasteiger partial charge on any atom is -0.251 e. The van der Waals surface area contributed by atoms with Crippen LogP contribution in [0.25, 0.3) is 0 Å². The van der Waals surface area contributed by atoms with E-state index in [1.54, 1.807) is 0 Å². The Kier molecular flexibility index (Phi) is 5.28. The number of hydrogen-bond donors (Lipinski definition) is 0. The van der Waals surface area contributed by atoms with E-state index in [1.165, 1.54) is 6.08 Å². The molecule has 7 heavy (non-hydrogen) atoms. The monoisotopic (exact) mass is 106 g/mol. The molecular weight excluding hydrogens is 98.1 g/mol. The lowest BCUT2D eigenvalue weighted by Gasteiger charge is -1.80. The highest BCUT2D eigenvalue weighted by Gasteiger charge is 1.76. The molecule has 0 rings (SSSR count). The van der Waals surface area contributed by atoms with Crippen molar-refractivity contribution < 1.29 is 8.78 Å². The van der Waals surface area contributed by atoms with E-state index >= 15 is 0 Å². The van der Waals surface area contributed by atoms with Crippen LogP contribution in [0.2, 0.25) is 0 Å². The molecule has 0 N–H and O–H groups in total. The van der Waals surface area contributed by atoms with E-state index in [1.807, 2.05) is 0 Å². The number of hydrogen-bond acceptors (Lipinski definition) is 0. The summed E-state index contributed by atoms with van der Waals surface area (Å²) in [5, 5.41) is 0. The molecule has 0 nitrogen and oxygen atoms in total. The smallest absolute Gasteiger partial charge is 0.0897 e. The second-order valence-corrected chi connectivity index (χ2v) is 1.19. The van der Waals surface area contributed by atoms with Gasteiger partial charge in [-0.2, -0.15) is 0 Å². The van der Waals surface area contributed by atoms with Gasteiger partial charge >= 0.3 is 0 Å². The van der Waals surface area contributed by atoms with Gasteiger partial charge in [-0.05, 0) is 12.8 Å². The topological polar surface area (TPSA) is 0 Å². The van der Waals surface area contributed by atoms with Crippen LogP contribution in [0.1, 0.15) is 12.8 Å². The second-order valence-electron chi connectivity index (χ2n) is 1.19. The first-order valence-electron chi connectivity index (χ1n) is 2.23. The summed E-state index contributed by atoms with van der Waals surface area (Å²) in [6.07, 6.45) is 2.68. The summed E-state index contributed by atoms with van der Waals surface area (Å²) in [6.45, 7) is -0.357. The number of allylic oxidation sites excluding steroid dienone is 1. The minimum absolute atomic E-state index is 0.357. The van der Waals surface area contributed by atoms with Gasteiger partial charge in [-0.15, -0.1) is 0 Å². The maximum Gasteiger partial charge on any atom is 0.0897 e. The first-order valence-corrected chi connectivity index (χ1v) is 2.23. The molecule has 0 aliphatic rings. The zero-order chi connectivity index (χ0) is 5.54. The van der Waals surface area contributed by atoms with E-state index in [-0.39, 0.29) is 6.67 Å². The lowest BCUT2D eigenvalue weighted by atomic mass is 10.3. The van der Waals surface area contributed by atoms with Gasteiger partial charge in [0.25, 0.3) is 0 Å². The fraction of sp³-hybridized carbons (Fsp3) is 0.600. The molecule has 0 bridgehead atoms. The van der Waals surface area contributed by atoms with Crippen LogP contribution in [-0.2, 0) is 0 Å². The molecule has 0 aliphatic heterocycles. The maximum absolute atomic E-state index is 11.2. The van der Waals surface area contributed by atoms with Crippen LogP contribution < -0.4 is 0 Å². The molecule has 0 heterocycles. The first-order chi connectivity index (χ1) is 3.41. The van der Waals surface area contributed by atoms with Crippen LogP contribution in [0.5, 0.6) is 0 Å². The highest BCUT2D eigenvalue weighted by atomic mass is 19.1. The molecule has 0 radical (unpaired) electrons. The number of unbranched alkanes of at least 4 members (excludes halogenated alkanes) is 1. The highest BCUT2D eigenvalue weighted by Crippen LogP contribution is 1.90. The molecule has 0 saturated carbocycles. The van der Waals surface area contributed by atoms with Gasteiger partial charge in [0.1, 0.15) is 0 Å². The van der Waals surface area contributed by atoms with Crippen LogP contribution in [0.3, 0.4) is 0 Å². The molecule has 0 unspecified atom stereocenters. The predicted octanol–water partition coefficient (Wildman–Crippen LogP) is 2.22. The zero-order valence-corrected chi connectivity index (χ0v) is 4.03. The Labute approximate surface area is 41.8 Å². The van der Waals surface area contributed by atoms with Gasteiger partial charge in [-0.25, -0.2) is 4.39 Å². The summed E-state index contributed by atoms with van der Waals surface area (Å²) in [6, 6.07) is 0. The molecule has 0 spiro atoms. The fourth-order valence-electron chi connectivity index (χ4n) is 0.258. The molecule has 0 aliphatic carbocycles. The number of alkyl halides is 1. The molecule has 0 aromatic carbocycles. The SMILES string of the molecule is FC=CCCCF. The van der Waals surface area contributed by atoms with Crippen molar-refractivity contribution in [3.8, 4) is 0 Å². The van der Waals surface area contributed by atoms with Crippen molar-refractivity contribution in [2.45, 2.75) is 12.8 Å². The van der Waals surface area contributed by atoms with Crippen LogP contribution in [0.15, 0.2) is 12.4 Å². The summed E-state index contributed by atoms with van der Waals surface area (Å²) in [5.41, 5.74) is 0. The molecular formula is C5H8F2. The molecule has 42 valence electrons. The zero-order valence-electron chi connectivity index (χ0n) is 4.03. The van der Waals surface area contributed by atoms with Crippen molar-refractivity contribution in [1.29, 1.82) is 0 Å². The summed E-state index contributed by atoms with van der Waals surface area (Å²) >= 11 is 0. The lowest BCUT2D eigenvalue weighted by Crippen LogP contribution is -1.69. The molecule has 0 saturated heterocycles. The lowest BCUT2D eigenvalue weighted by molar-refractivity contribution is 0.475. The second kappa shape index (κ2) is 5.60. The predicted molar refractivity (Wildman–Crippen MR) is 25.5 cm³/mol. The van der Waals surface area contributed by atoms with Crippen LogP contribution in [0.4, 0.5) is 8.78 Å². The third kappa shape index (κ3) is 5.60. The Bertz CT molecular complexity index is 50.0. The van der Waals surface area contributed by atoms with E-state index in [9.17, 15) is 8.78 Å². The molecule has 0 amide bonds. The first kappa shape index (κ1) is 6.60. The van der Waals surface area contributed by atoms with E-state index < -0.39 is 0 Å². The fourth-order valence-corrected chi connectivity index (χ4v) is 0.258. The van der Waals surface area contributed by atoms with Gasteiger partial charge in [-0.3, -0.25) is 4.39 Å². The molecule has 0 atom stereocenters. The Hall–Kier alpha value is -0.400. The Morgan fingerprint density at radius 2 is 2.14 bits per heavy atom. The third-order valence-electron chi connectivity index (χ3n) is 0.594. The van der Waals surface area contributed by atoms with Gasteiger partial charge < -0.3 is 0 Å². The standard InChI is InChI=1S/C5H8F2/c6-4-2-1-3-5-7/h2,4H,1,3,5H2. The molecule has 0 aromatic rings. The Morgan fingerprint density at radius 3 is 2.57 bits per heavy atom. The normalized spacial score (nSPS) is 10.6. The van der Waals surface area contributed by atoms with Crippen LogP contribution in [0, 0.1) is 0 Å². The molecule has 0 fully saturated rings. The summed E-state index contributed by atoms with van der Waals surface area (Å²) in [4.78, 5) is 0. The largest absolute Gasteiger partial charge is 0.251 e. The van der Waals surface area contributed by atoms with Crippen LogP contribution >= 0.6 is 0 Å². The Balaban J connectivity index is 2.69. The molecule has 0 aromatic heterocycles. The van der Waals surface area contributed by atoms with Crippen molar-refractivity contribution in [3.63, 3.8) is 0 Å². The summed E-state index contributed by atoms with van der Waals surface area (Å²) in [7, 11) is 0. The van der Waals surface area contributed by atoms with Gasteiger partial charge in [-0.1, -0.05) is 6.08 Å². The van der Waals surface area contributed by atoms with E-state index in [0.29, 0.717) is 19.2 Å². The van der Waals surface area contributed by atoms with E-state index in [2.05, 4.69) is 0 Å². The van der Waals surface area contributed by atoms with Crippen molar-refractivity contribution in [2.24, 2.45) is 0 Å². The van der Waals surface area contributed by atoms with E-state index in [4.69, 9.17) is 0 Å². The molecule has 2 heteroatoms. The third-order valence-corrected chi connectivity index (χ3v) is 0.594. The average molecular weight is 106 g/mol. The van der Waals surface area contributed by atoms with Gasteiger partial charge in [0, 0.05) is 0 Å².